The van der Waals surface area contributed by atoms with Crippen LogP contribution in [-0.2, 0) is 6.42 Å². The third kappa shape index (κ3) is 4.84. The molecule has 0 bridgehead atoms. The van der Waals surface area contributed by atoms with Crippen molar-refractivity contribution in [2.75, 3.05) is 25.5 Å². The van der Waals surface area contributed by atoms with Crippen LogP contribution in [0.2, 0.25) is 0 Å². The third-order valence-electron chi connectivity index (χ3n) is 4.71. The number of rotatable bonds is 10. The highest BCUT2D eigenvalue weighted by molar-refractivity contribution is 5.98. The van der Waals surface area contributed by atoms with E-state index in [0.29, 0.717) is 18.8 Å². The second-order valence-corrected chi connectivity index (χ2v) is 6.62. The van der Waals surface area contributed by atoms with Crippen molar-refractivity contribution in [1.29, 1.82) is 0 Å². The molecule has 1 amide bonds. The molecule has 1 atom stereocenters. The lowest BCUT2D eigenvalue weighted by atomic mass is 9.94. The molecule has 146 valence electrons. The molecule has 1 heterocycles. The van der Waals surface area contributed by atoms with Gasteiger partial charge in [-0.3, -0.25) is 4.79 Å². The van der Waals surface area contributed by atoms with Crippen molar-refractivity contribution < 1.29 is 4.79 Å². The first-order valence-corrected chi connectivity index (χ1v) is 9.38. The zero-order valence-corrected chi connectivity index (χ0v) is 16.3. The summed E-state index contributed by atoms with van der Waals surface area (Å²) in [5, 5.41) is 9.32. The Bertz CT molecular complexity index is 725. The summed E-state index contributed by atoms with van der Waals surface area (Å²) in [4.78, 5) is 15.1. The largest absolute Gasteiger partial charge is 0.399 e. The number of amides is 1. The van der Waals surface area contributed by atoms with Gasteiger partial charge in [0.25, 0.3) is 5.91 Å². The molecule has 0 aromatic heterocycles. The summed E-state index contributed by atoms with van der Waals surface area (Å²) < 4.78 is 0. The van der Waals surface area contributed by atoms with Gasteiger partial charge in [-0.05, 0) is 36.7 Å². The maximum absolute atomic E-state index is 13.2. The Hall–Kier alpha value is -2.89. The molecule has 6 heteroatoms. The monoisotopic (exact) mass is 369 g/mol. The lowest BCUT2D eigenvalue weighted by Gasteiger charge is -2.37. The number of hydrogen-bond acceptors (Lipinski definition) is 5. The fourth-order valence-electron chi connectivity index (χ4n) is 3.46. The van der Waals surface area contributed by atoms with Gasteiger partial charge in [0.1, 0.15) is 0 Å². The molecular formula is C21H31N5O. The number of anilines is 1. The lowest BCUT2D eigenvalue weighted by molar-refractivity contribution is 0.0676. The molecule has 6 nitrogen and oxygen atoms in total. The van der Waals surface area contributed by atoms with E-state index in [1.807, 2.05) is 30.1 Å². The van der Waals surface area contributed by atoms with E-state index in [2.05, 4.69) is 36.0 Å². The molecule has 0 fully saturated rings. The summed E-state index contributed by atoms with van der Waals surface area (Å²) in [5.74, 6) is 0.0455. The van der Waals surface area contributed by atoms with Gasteiger partial charge in [-0.1, -0.05) is 32.6 Å². The molecular weight excluding hydrogens is 338 g/mol. The quantitative estimate of drug-likeness (QED) is 0.509. The van der Waals surface area contributed by atoms with E-state index in [4.69, 9.17) is 5.73 Å². The first kappa shape index (κ1) is 20.4. The summed E-state index contributed by atoms with van der Waals surface area (Å²) in [6.07, 6.45) is 5.99. The van der Waals surface area contributed by atoms with Gasteiger partial charge < -0.3 is 26.6 Å². The van der Waals surface area contributed by atoms with Gasteiger partial charge in [-0.15, -0.1) is 0 Å². The molecule has 27 heavy (non-hydrogen) atoms. The van der Waals surface area contributed by atoms with Crippen molar-refractivity contribution in [3.63, 3.8) is 0 Å². The standard InChI is InChI=1S/C21H31N5O/c1-5-8-20(15(3)24-6-2)26-12-11-17-18(21(26)27)9-7-10-19(17)25-14-16(22)13-23-4/h6-7,9-10,13,20,23-25H,2-3,5,8,11-12,14,22H2,1,4H3/b16-13-. The number of benzene rings is 1. The van der Waals surface area contributed by atoms with Crippen LogP contribution in [0.1, 0.15) is 35.7 Å². The molecule has 1 aromatic carbocycles. The van der Waals surface area contributed by atoms with E-state index >= 15 is 0 Å². The van der Waals surface area contributed by atoms with Gasteiger partial charge >= 0.3 is 0 Å². The average Bonchev–Trinajstić information content (AvgIpc) is 2.66. The van der Waals surface area contributed by atoms with E-state index in [9.17, 15) is 4.79 Å². The summed E-state index contributed by atoms with van der Waals surface area (Å²) in [7, 11) is 1.81. The van der Waals surface area contributed by atoms with Crippen molar-refractivity contribution in [3.05, 3.63) is 66.3 Å². The molecule has 5 N–H and O–H groups in total. The van der Waals surface area contributed by atoms with E-state index in [1.165, 1.54) is 0 Å². The highest BCUT2D eigenvalue weighted by Gasteiger charge is 2.31. The summed E-state index contributed by atoms with van der Waals surface area (Å²) in [6.45, 7) is 11.1. The van der Waals surface area contributed by atoms with Crippen LogP contribution in [0.5, 0.6) is 0 Å². The summed E-state index contributed by atoms with van der Waals surface area (Å²) in [6, 6.07) is 5.76. The minimum Gasteiger partial charge on any atom is -0.399 e. The van der Waals surface area contributed by atoms with Crippen molar-refractivity contribution in [3.8, 4) is 0 Å². The van der Waals surface area contributed by atoms with E-state index in [-0.39, 0.29) is 11.9 Å². The lowest BCUT2D eigenvalue weighted by Crippen LogP contribution is -2.47. The number of nitrogens with two attached hydrogens (primary N) is 1. The number of nitrogens with zero attached hydrogens (tertiary/aromatic N) is 1. The van der Waals surface area contributed by atoms with Crippen LogP contribution in [0.15, 0.2) is 55.2 Å². The molecule has 0 saturated heterocycles. The van der Waals surface area contributed by atoms with Crippen LogP contribution in [0.3, 0.4) is 0 Å². The van der Waals surface area contributed by atoms with Crippen LogP contribution in [0.25, 0.3) is 0 Å². The number of carbonyl (C=O) groups is 1. The molecule has 1 aliphatic heterocycles. The number of nitrogens with one attached hydrogen (secondary N) is 3. The molecule has 0 radical (unpaired) electrons. The maximum atomic E-state index is 13.2. The Morgan fingerprint density at radius 1 is 1.44 bits per heavy atom. The van der Waals surface area contributed by atoms with Crippen molar-refractivity contribution in [2.45, 2.75) is 32.2 Å². The Balaban J connectivity index is 2.23. The molecule has 1 aliphatic rings. The molecule has 0 spiro atoms. The first-order chi connectivity index (χ1) is 13.0. The Kier molecular flexibility index (Phi) is 7.34. The van der Waals surface area contributed by atoms with E-state index in [0.717, 1.165) is 41.8 Å². The summed E-state index contributed by atoms with van der Waals surface area (Å²) in [5.41, 5.74) is 10.2. The highest BCUT2D eigenvalue weighted by Crippen LogP contribution is 2.29. The molecule has 1 unspecified atom stereocenters. The number of hydrogen-bond donors (Lipinski definition) is 4. The second kappa shape index (κ2) is 9.71. The average molecular weight is 370 g/mol. The van der Waals surface area contributed by atoms with Crippen LogP contribution in [-0.4, -0.2) is 37.0 Å². The van der Waals surface area contributed by atoms with Gasteiger partial charge in [0.05, 0.1) is 12.6 Å². The van der Waals surface area contributed by atoms with Crippen LogP contribution in [0, 0.1) is 0 Å². The third-order valence-corrected chi connectivity index (χ3v) is 4.71. The van der Waals surface area contributed by atoms with Crippen LogP contribution in [0.4, 0.5) is 5.69 Å². The van der Waals surface area contributed by atoms with Crippen molar-refractivity contribution in [1.82, 2.24) is 15.5 Å². The summed E-state index contributed by atoms with van der Waals surface area (Å²) >= 11 is 0. The zero-order valence-electron chi connectivity index (χ0n) is 16.3. The highest BCUT2D eigenvalue weighted by atomic mass is 16.2. The zero-order chi connectivity index (χ0) is 19.8. The molecule has 2 rings (SSSR count). The van der Waals surface area contributed by atoms with Crippen LogP contribution < -0.4 is 21.7 Å². The smallest absolute Gasteiger partial charge is 0.254 e. The van der Waals surface area contributed by atoms with Crippen molar-refractivity contribution in [2.24, 2.45) is 5.73 Å². The number of carbonyl (C=O) groups excluding carboxylic acids is 1. The van der Waals surface area contributed by atoms with Gasteiger partial charge in [-0.2, -0.15) is 0 Å². The Labute approximate surface area is 162 Å². The fraction of sp³-hybridized carbons (Fsp3) is 0.381. The van der Waals surface area contributed by atoms with Gasteiger partial charge in [-0.25, -0.2) is 0 Å². The van der Waals surface area contributed by atoms with Gasteiger partial charge in [0, 0.05) is 42.4 Å². The SMILES string of the molecule is C=CNC(=C)C(CCC)N1CCc2c(NC/C(N)=C/NC)cccc2C1=O. The number of fused-ring (bicyclic) bond motifs is 1. The Morgan fingerprint density at radius 2 is 2.22 bits per heavy atom. The minimum absolute atomic E-state index is 0.0422. The van der Waals surface area contributed by atoms with Gasteiger partial charge in [0.15, 0.2) is 0 Å². The fourth-order valence-corrected chi connectivity index (χ4v) is 3.46. The normalized spacial score (nSPS) is 15.0. The van der Waals surface area contributed by atoms with Gasteiger partial charge in [0.2, 0.25) is 0 Å². The van der Waals surface area contributed by atoms with Crippen LogP contribution >= 0.6 is 0 Å². The van der Waals surface area contributed by atoms with E-state index < -0.39 is 0 Å². The Morgan fingerprint density at radius 3 is 2.89 bits per heavy atom. The maximum Gasteiger partial charge on any atom is 0.254 e. The van der Waals surface area contributed by atoms with E-state index in [1.54, 1.807) is 12.4 Å². The van der Waals surface area contributed by atoms with Crippen molar-refractivity contribution >= 4 is 11.6 Å². The molecule has 1 aromatic rings. The predicted octanol–water partition coefficient (Wildman–Crippen LogP) is 2.53. The topological polar surface area (TPSA) is 82.4 Å². The second-order valence-electron chi connectivity index (χ2n) is 6.62. The first-order valence-electron chi connectivity index (χ1n) is 9.38. The molecule has 0 aliphatic carbocycles. The molecule has 0 saturated carbocycles. The minimum atomic E-state index is -0.0422. The predicted molar refractivity (Wildman–Crippen MR) is 112 cm³/mol.